The smallest absolute Gasteiger partial charge is 0.175 e. The van der Waals surface area contributed by atoms with E-state index in [2.05, 4.69) is 9.97 Å². The largest absolute Gasteiger partial charge is 0.493 e. The van der Waals surface area contributed by atoms with Gasteiger partial charge in [0, 0.05) is 34.2 Å². The molecule has 0 aliphatic heterocycles. The lowest BCUT2D eigenvalue weighted by Gasteiger charge is -2.14. The maximum absolute atomic E-state index is 15.1. The van der Waals surface area contributed by atoms with Crippen LogP contribution in [0.25, 0.3) is 21.8 Å². The molecule has 0 amide bonds. The lowest BCUT2D eigenvalue weighted by atomic mass is 10.1. The number of pyridine rings is 1. The van der Waals surface area contributed by atoms with Crippen LogP contribution in [0.15, 0.2) is 72.9 Å². The van der Waals surface area contributed by atoms with Crippen LogP contribution in [0.3, 0.4) is 0 Å². The Labute approximate surface area is 184 Å². The molecule has 0 aliphatic rings. The fourth-order valence-corrected chi connectivity index (χ4v) is 3.71. The van der Waals surface area contributed by atoms with Crippen molar-refractivity contribution >= 4 is 21.8 Å². The van der Waals surface area contributed by atoms with Gasteiger partial charge < -0.3 is 19.2 Å². The van der Waals surface area contributed by atoms with Gasteiger partial charge in [-0.2, -0.15) is 0 Å². The predicted octanol–water partition coefficient (Wildman–Crippen LogP) is 6.54. The zero-order chi connectivity index (χ0) is 22.1. The molecule has 0 atom stereocenters. The van der Waals surface area contributed by atoms with Gasteiger partial charge in [0.2, 0.25) is 0 Å². The average Bonchev–Trinajstić information content (AvgIpc) is 3.21. The van der Waals surface area contributed by atoms with Gasteiger partial charge >= 0.3 is 0 Å². The number of H-pyrrole nitrogens is 1. The minimum atomic E-state index is -0.411. The first-order chi connectivity index (χ1) is 15.6. The normalized spacial score (nSPS) is 11.1. The number of fused-ring (bicyclic) bond motifs is 2. The van der Waals surface area contributed by atoms with E-state index in [4.69, 9.17) is 14.2 Å². The number of aromatic amines is 1. The van der Waals surface area contributed by atoms with E-state index in [1.165, 1.54) is 0 Å². The van der Waals surface area contributed by atoms with Gasteiger partial charge in [-0.25, -0.2) is 4.39 Å². The van der Waals surface area contributed by atoms with Gasteiger partial charge in [-0.1, -0.05) is 30.3 Å². The Hall–Kier alpha value is -4.06. The summed E-state index contributed by atoms with van der Waals surface area (Å²) in [7, 11) is 1.58. The van der Waals surface area contributed by atoms with Crippen LogP contribution in [0.2, 0.25) is 0 Å². The Kier molecular flexibility index (Phi) is 5.11. The van der Waals surface area contributed by atoms with Gasteiger partial charge in [0.15, 0.2) is 23.1 Å². The zero-order valence-corrected chi connectivity index (χ0v) is 17.7. The Bertz CT molecular complexity index is 1410. The van der Waals surface area contributed by atoms with E-state index in [1.54, 1.807) is 37.6 Å². The second-order valence-electron chi connectivity index (χ2n) is 7.50. The van der Waals surface area contributed by atoms with Crippen molar-refractivity contribution in [1.82, 2.24) is 9.97 Å². The Morgan fingerprint density at radius 1 is 0.875 bits per heavy atom. The highest BCUT2D eigenvalue weighted by atomic mass is 19.1. The molecule has 5 rings (SSSR count). The number of hydrogen-bond acceptors (Lipinski definition) is 4. The van der Waals surface area contributed by atoms with Crippen LogP contribution in [-0.2, 0) is 6.61 Å². The van der Waals surface area contributed by atoms with Crippen molar-refractivity contribution in [1.29, 1.82) is 0 Å². The Balaban J connectivity index is 1.52. The van der Waals surface area contributed by atoms with Crippen molar-refractivity contribution in [3.63, 3.8) is 0 Å². The number of nitrogens with one attached hydrogen (secondary N) is 1. The molecule has 0 radical (unpaired) electrons. The van der Waals surface area contributed by atoms with Crippen LogP contribution in [0.5, 0.6) is 23.0 Å². The molecular formula is C26H21FN2O3. The summed E-state index contributed by atoms with van der Waals surface area (Å²) in [5.74, 6) is 1.33. The standard InChI is InChI=1S/C26H21FN2O3/c1-16-12-19-20(29-16)8-9-23(26(19)27)32-22-10-11-28-21-14-24(30-2)25(13-18(21)22)31-15-17-6-4-3-5-7-17/h3-14,29H,15H2,1-2H3. The highest BCUT2D eigenvalue weighted by molar-refractivity contribution is 5.89. The minimum Gasteiger partial charge on any atom is -0.493 e. The van der Waals surface area contributed by atoms with Gasteiger partial charge in [0.05, 0.1) is 12.6 Å². The molecule has 3 aromatic carbocycles. The van der Waals surface area contributed by atoms with Crippen molar-refractivity contribution in [3.8, 4) is 23.0 Å². The highest BCUT2D eigenvalue weighted by Crippen LogP contribution is 2.38. The van der Waals surface area contributed by atoms with Crippen LogP contribution in [0.4, 0.5) is 4.39 Å². The molecule has 0 fully saturated rings. The van der Waals surface area contributed by atoms with Crippen LogP contribution in [-0.4, -0.2) is 17.1 Å². The molecule has 0 saturated carbocycles. The molecule has 0 unspecified atom stereocenters. The lowest BCUT2D eigenvalue weighted by Crippen LogP contribution is -1.98. The van der Waals surface area contributed by atoms with Crippen LogP contribution >= 0.6 is 0 Å². The van der Waals surface area contributed by atoms with Crippen LogP contribution in [0, 0.1) is 12.7 Å². The summed E-state index contributed by atoms with van der Waals surface area (Å²) in [6.45, 7) is 2.28. The monoisotopic (exact) mass is 428 g/mol. The minimum absolute atomic E-state index is 0.145. The van der Waals surface area contributed by atoms with Crippen molar-refractivity contribution in [3.05, 3.63) is 90.0 Å². The van der Waals surface area contributed by atoms with Gasteiger partial charge in [0.25, 0.3) is 0 Å². The quantitative estimate of drug-likeness (QED) is 0.333. The van der Waals surface area contributed by atoms with Crippen LogP contribution < -0.4 is 14.2 Å². The topological polar surface area (TPSA) is 56.4 Å². The molecule has 5 nitrogen and oxygen atoms in total. The van der Waals surface area contributed by atoms with E-state index in [-0.39, 0.29) is 5.75 Å². The van der Waals surface area contributed by atoms with E-state index < -0.39 is 5.82 Å². The number of rotatable bonds is 6. The lowest BCUT2D eigenvalue weighted by molar-refractivity contribution is 0.285. The average molecular weight is 428 g/mol. The number of benzene rings is 3. The fourth-order valence-electron chi connectivity index (χ4n) is 3.71. The zero-order valence-electron chi connectivity index (χ0n) is 17.7. The summed E-state index contributed by atoms with van der Waals surface area (Å²) < 4.78 is 32.6. The number of hydrogen-bond donors (Lipinski definition) is 1. The van der Waals surface area contributed by atoms with Gasteiger partial charge in [-0.15, -0.1) is 0 Å². The number of aromatic nitrogens is 2. The number of aryl methyl sites for hydroxylation is 1. The summed E-state index contributed by atoms with van der Waals surface area (Å²) in [4.78, 5) is 7.54. The molecule has 6 heteroatoms. The third kappa shape index (κ3) is 3.71. The second kappa shape index (κ2) is 8.23. The summed E-state index contributed by atoms with van der Waals surface area (Å²) in [6.07, 6.45) is 1.62. The Morgan fingerprint density at radius 2 is 1.72 bits per heavy atom. The summed E-state index contributed by atoms with van der Waals surface area (Å²) >= 11 is 0. The SMILES string of the molecule is COc1cc2nccc(Oc3ccc4[nH]c(C)cc4c3F)c2cc1OCc1ccccc1. The van der Waals surface area contributed by atoms with Gasteiger partial charge in [-0.3, -0.25) is 4.98 Å². The molecule has 2 aromatic heterocycles. The van der Waals surface area contributed by atoms with Crippen molar-refractivity contribution < 1.29 is 18.6 Å². The van der Waals surface area contributed by atoms with Crippen molar-refractivity contribution in [2.75, 3.05) is 7.11 Å². The van der Waals surface area contributed by atoms with Gasteiger partial charge in [0.1, 0.15) is 12.4 Å². The van der Waals surface area contributed by atoms with Crippen LogP contribution in [0.1, 0.15) is 11.3 Å². The maximum atomic E-state index is 15.1. The molecule has 2 heterocycles. The molecule has 1 N–H and O–H groups in total. The summed E-state index contributed by atoms with van der Waals surface area (Å²) in [6, 6.07) is 20.4. The maximum Gasteiger partial charge on any atom is 0.175 e. The molecule has 160 valence electrons. The third-order valence-electron chi connectivity index (χ3n) is 5.28. The highest BCUT2D eigenvalue weighted by Gasteiger charge is 2.15. The molecule has 0 aliphatic carbocycles. The molecule has 5 aromatic rings. The molecule has 0 saturated heterocycles. The number of methoxy groups -OCH3 is 1. The van der Waals surface area contributed by atoms with E-state index in [0.717, 1.165) is 16.8 Å². The first-order valence-corrected chi connectivity index (χ1v) is 10.2. The van der Waals surface area contributed by atoms with Crippen molar-refractivity contribution in [2.24, 2.45) is 0 Å². The number of ether oxygens (including phenoxy) is 3. The molecule has 0 spiro atoms. The van der Waals surface area contributed by atoms with Gasteiger partial charge in [-0.05, 0) is 42.8 Å². The van der Waals surface area contributed by atoms with E-state index in [9.17, 15) is 0 Å². The molecular weight excluding hydrogens is 407 g/mol. The van der Waals surface area contributed by atoms with E-state index in [1.807, 2.05) is 49.4 Å². The Morgan fingerprint density at radius 3 is 2.53 bits per heavy atom. The van der Waals surface area contributed by atoms with E-state index >= 15 is 4.39 Å². The van der Waals surface area contributed by atoms with Crippen molar-refractivity contribution in [2.45, 2.75) is 13.5 Å². The summed E-state index contributed by atoms with van der Waals surface area (Å²) in [5, 5.41) is 1.19. The summed E-state index contributed by atoms with van der Waals surface area (Å²) in [5.41, 5.74) is 3.31. The number of halogens is 1. The first kappa shape index (κ1) is 19.9. The second-order valence-corrected chi connectivity index (χ2v) is 7.50. The first-order valence-electron chi connectivity index (χ1n) is 10.2. The fraction of sp³-hybridized carbons (Fsp3) is 0.115. The molecule has 0 bridgehead atoms. The predicted molar refractivity (Wildman–Crippen MR) is 122 cm³/mol. The third-order valence-corrected chi connectivity index (χ3v) is 5.28. The number of nitrogens with zero attached hydrogens (tertiary/aromatic N) is 1. The van der Waals surface area contributed by atoms with E-state index in [0.29, 0.717) is 40.1 Å². The molecule has 32 heavy (non-hydrogen) atoms.